The van der Waals surface area contributed by atoms with Crippen LogP contribution in [0.25, 0.3) is 0 Å². The molecule has 0 radical (unpaired) electrons. The molecule has 154 valence electrons. The fourth-order valence-corrected chi connectivity index (χ4v) is 3.53. The zero-order valence-corrected chi connectivity index (χ0v) is 16.4. The Hall–Kier alpha value is -2.41. The number of rotatable bonds is 6. The van der Waals surface area contributed by atoms with E-state index in [1.54, 1.807) is 14.0 Å². The molecule has 0 spiro atoms. The Kier molecular flexibility index (Phi) is 5.48. The Morgan fingerprint density at radius 3 is 2.75 bits per heavy atom. The molecule has 3 atom stereocenters. The maximum Gasteiger partial charge on any atom is 0.255 e. The smallest absolute Gasteiger partial charge is 0.255 e. The van der Waals surface area contributed by atoms with Crippen molar-refractivity contribution in [3.63, 3.8) is 0 Å². The molecule has 0 aliphatic carbocycles. The van der Waals surface area contributed by atoms with E-state index in [1.165, 1.54) is 16.9 Å². The summed E-state index contributed by atoms with van der Waals surface area (Å²) in [5.41, 5.74) is 0.731. The third kappa shape index (κ3) is 4.19. The standard InChI is InChI=1S/C16H22N4O7S/c1-8-10(4-12(27-8)14-13(22)11(21)7-26-14)16(23)17-5-9-6-18-20(2)15(9)19-28(3,24)25/h4,6,11,13-14,19,21-22H,5,7H2,1-3H3,(H,17,23)/t11-,13-,14+/m1/s1. The molecule has 3 heterocycles. The molecule has 4 N–H and O–H groups in total. The minimum absolute atomic E-state index is 0.0236. The van der Waals surface area contributed by atoms with E-state index in [4.69, 9.17) is 9.15 Å². The number of nitrogens with zero attached hydrogens (tertiary/aromatic N) is 2. The SMILES string of the molecule is Cc1oc([C@@H]2OC[C@@H](O)[C@H]2O)cc1C(=O)NCc1cnn(C)c1NS(C)(=O)=O. The van der Waals surface area contributed by atoms with E-state index in [0.29, 0.717) is 11.3 Å². The lowest BCUT2D eigenvalue weighted by Crippen LogP contribution is -2.25. The van der Waals surface area contributed by atoms with Crippen molar-refractivity contribution in [2.24, 2.45) is 7.05 Å². The van der Waals surface area contributed by atoms with Crippen LogP contribution >= 0.6 is 0 Å². The molecule has 0 bridgehead atoms. The average molecular weight is 414 g/mol. The van der Waals surface area contributed by atoms with Crippen LogP contribution in [-0.2, 0) is 28.4 Å². The Morgan fingerprint density at radius 2 is 2.14 bits per heavy atom. The van der Waals surface area contributed by atoms with Gasteiger partial charge in [-0.1, -0.05) is 0 Å². The van der Waals surface area contributed by atoms with E-state index in [2.05, 4.69) is 15.1 Å². The van der Waals surface area contributed by atoms with Crippen molar-refractivity contribution in [1.82, 2.24) is 15.1 Å². The number of carbonyl (C=O) groups is 1. The Morgan fingerprint density at radius 1 is 1.43 bits per heavy atom. The lowest BCUT2D eigenvalue weighted by atomic mass is 10.1. The first-order chi connectivity index (χ1) is 13.1. The highest BCUT2D eigenvalue weighted by molar-refractivity contribution is 7.92. The zero-order chi connectivity index (χ0) is 20.6. The number of aryl methyl sites for hydroxylation is 2. The van der Waals surface area contributed by atoms with Gasteiger partial charge in [-0.2, -0.15) is 5.10 Å². The van der Waals surface area contributed by atoms with Crippen LogP contribution in [-0.4, -0.2) is 59.4 Å². The van der Waals surface area contributed by atoms with Gasteiger partial charge in [-0.3, -0.25) is 14.2 Å². The van der Waals surface area contributed by atoms with Gasteiger partial charge in [-0.25, -0.2) is 8.42 Å². The van der Waals surface area contributed by atoms with E-state index in [0.717, 1.165) is 6.26 Å². The van der Waals surface area contributed by atoms with Gasteiger partial charge in [0.25, 0.3) is 5.91 Å². The normalized spacial score (nSPS) is 22.4. The number of hydrogen-bond acceptors (Lipinski definition) is 8. The summed E-state index contributed by atoms with van der Waals surface area (Å²) in [6, 6.07) is 1.45. The molecule has 0 unspecified atom stereocenters. The summed E-state index contributed by atoms with van der Waals surface area (Å²) >= 11 is 0. The predicted octanol–water partition coefficient (Wildman–Crippen LogP) is -0.584. The summed E-state index contributed by atoms with van der Waals surface area (Å²) in [6.45, 7) is 1.60. The van der Waals surface area contributed by atoms with Crippen molar-refractivity contribution >= 4 is 21.7 Å². The number of amides is 1. The second kappa shape index (κ2) is 7.54. The summed E-state index contributed by atoms with van der Waals surface area (Å²) in [5.74, 6) is 0.372. The van der Waals surface area contributed by atoms with E-state index in [1.807, 2.05) is 0 Å². The first kappa shape index (κ1) is 20.3. The number of nitrogens with one attached hydrogen (secondary N) is 2. The lowest BCUT2D eigenvalue weighted by Gasteiger charge is -2.11. The maximum atomic E-state index is 12.5. The number of aromatic nitrogens is 2. The zero-order valence-electron chi connectivity index (χ0n) is 15.5. The van der Waals surface area contributed by atoms with Crippen molar-refractivity contribution in [3.8, 4) is 0 Å². The highest BCUT2D eigenvalue weighted by Crippen LogP contribution is 2.32. The molecule has 12 heteroatoms. The van der Waals surface area contributed by atoms with Gasteiger partial charge in [0, 0.05) is 19.2 Å². The molecule has 2 aromatic heterocycles. The van der Waals surface area contributed by atoms with E-state index in [9.17, 15) is 23.4 Å². The number of carbonyl (C=O) groups excluding carboxylic acids is 1. The summed E-state index contributed by atoms with van der Waals surface area (Å²) in [4.78, 5) is 12.5. The average Bonchev–Trinajstić information content (AvgIpc) is 3.25. The second-order valence-corrected chi connectivity index (χ2v) is 8.38. The Balaban J connectivity index is 1.71. The molecule has 0 aromatic carbocycles. The predicted molar refractivity (Wildman–Crippen MR) is 97.0 cm³/mol. The number of aliphatic hydroxyl groups is 2. The van der Waals surface area contributed by atoms with Gasteiger partial charge < -0.3 is 24.7 Å². The van der Waals surface area contributed by atoms with Gasteiger partial charge in [0.05, 0.1) is 24.6 Å². The molecule has 1 fully saturated rings. The van der Waals surface area contributed by atoms with Crippen LogP contribution in [0, 0.1) is 6.92 Å². The van der Waals surface area contributed by atoms with Crippen molar-refractivity contribution in [2.75, 3.05) is 17.6 Å². The first-order valence-corrected chi connectivity index (χ1v) is 10.3. The van der Waals surface area contributed by atoms with Crippen molar-refractivity contribution in [3.05, 3.63) is 34.9 Å². The second-order valence-electron chi connectivity index (χ2n) is 6.63. The van der Waals surface area contributed by atoms with Crippen molar-refractivity contribution in [1.29, 1.82) is 0 Å². The number of hydrogen-bond donors (Lipinski definition) is 4. The molecule has 1 saturated heterocycles. The molecule has 1 amide bonds. The molecule has 0 saturated carbocycles. The lowest BCUT2D eigenvalue weighted by molar-refractivity contribution is 0.0117. The Bertz CT molecular complexity index is 981. The molecular weight excluding hydrogens is 392 g/mol. The fraction of sp³-hybridized carbons (Fsp3) is 0.500. The number of ether oxygens (including phenoxy) is 1. The molecular formula is C16H22N4O7S. The quantitative estimate of drug-likeness (QED) is 0.489. The van der Waals surface area contributed by atoms with Crippen LogP contribution in [0.5, 0.6) is 0 Å². The van der Waals surface area contributed by atoms with Crippen molar-refractivity contribution < 1.29 is 32.6 Å². The molecule has 11 nitrogen and oxygen atoms in total. The summed E-state index contributed by atoms with van der Waals surface area (Å²) < 4.78 is 37.5. The topological polar surface area (TPSA) is 156 Å². The first-order valence-electron chi connectivity index (χ1n) is 8.41. The molecule has 2 aromatic rings. The highest BCUT2D eigenvalue weighted by Gasteiger charge is 2.38. The summed E-state index contributed by atoms with van der Waals surface area (Å²) in [7, 11) is -1.93. The van der Waals surface area contributed by atoms with E-state index in [-0.39, 0.29) is 30.3 Å². The molecule has 1 aliphatic rings. The maximum absolute atomic E-state index is 12.5. The molecule has 28 heavy (non-hydrogen) atoms. The van der Waals surface area contributed by atoms with Gasteiger partial charge in [-0.15, -0.1) is 0 Å². The number of anilines is 1. The minimum atomic E-state index is -3.50. The molecule has 1 aliphatic heterocycles. The minimum Gasteiger partial charge on any atom is -0.463 e. The van der Waals surface area contributed by atoms with Crippen LogP contribution in [0.15, 0.2) is 16.7 Å². The number of aliphatic hydroxyl groups excluding tert-OH is 2. The van der Waals surface area contributed by atoms with E-state index < -0.39 is 34.2 Å². The van der Waals surface area contributed by atoms with Crippen LogP contribution in [0.3, 0.4) is 0 Å². The molecule has 3 rings (SSSR count). The monoisotopic (exact) mass is 414 g/mol. The van der Waals surface area contributed by atoms with E-state index >= 15 is 0 Å². The number of furan rings is 1. The number of sulfonamides is 1. The van der Waals surface area contributed by atoms with Gasteiger partial charge in [0.15, 0.2) is 0 Å². The van der Waals surface area contributed by atoms with Crippen LogP contribution < -0.4 is 10.0 Å². The van der Waals surface area contributed by atoms with Crippen molar-refractivity contribution in [2.45, 2.75) is 31.8 Å². The van der Waals surface area contributed by atoms with Gasteiger partial charge >= 0.3 is 0 Å². The summed E-state index contributed by atoms with van der Waals surface area (Å²) in [5, 5.41) is 26.2. The van der Waals surface area contributed by atoms with Crippen LogP contribution in [0.4, 0.5) is 5.82 Å². The summed E-state index contributed by atoms with van der Waals surface area (Å²) in [6.07, 6.45) is -0.527. The third-order valence-corrected chi connectivity index (χ3v) is 4.91. The van der Waals surface area contributed by atoms with Crippen LogP contribution in [0.2, 0.25) is 0 Å². The largest absolute Gasteiger partial charge is 0.463 e. The Labute approximate surface area is 161 Å². The van der Waals surface area contributed by atoms with Gasteiger partial charge in [0.2, 0.25) is 10.0 Å². The van der Waals surface area contributed by atoms with Gasteiger partial charge in [0.1, 0.15) is 35.7 Å². The third-order valence-electron chi connectivity index (χ3n) is 4.35. The fourth-order valence-electron chi connectivity index (χ4n) is 2.91. The van der Waals surface area contributed by atoms with Crippen LogP contribution in [0.1, 0.15) is 33.5 Å². The highest BCUT2D eigenvalue weighted by atomic mass is 32.2. The van der Waals surface area contributed by atoms with Gasteiger partial charge in [-0.05, 0) is 13.0 Å².